The van der Waals surface area contributed by atoms with Gasteiger partial charge in [0.15, 0.2) is 11.2 Å². The van der Waals surface area contributed by atoms with Crippen molar-refractivity contribution in [3.8, 4) is 0 Å². The number of hydrogen-bond donors (Lipinski definition) is 0. The second-order valence-electron chi connectivity index (χ2n) is 32.1. The summed E-state index contributed by atoms with van der Waals surface area (Å²) in [6.45, 7) is 0. The Morgan fingerprint density at radius 3 is 0.750 bits per heavy atom. The van der Waals surface area contributed by atoms with E-state index in [1.807, 2.05) is 0 Å². The van der Waals surface area contributed by atoms with Gasteiger partial charge in [-0.15, -0.1) is 0 Å². The second kappa shape index (κ2) is 7.64. The van der Waals surface area contributed by atoms with Gasteiger partial charge in [-0.05, 0) is 337 Å². The summed E-state index contributed by atoms with van der Waals surface area (Å²) in [6.07, 6.45) is -0.633. The molecule has 88 heavy (non-hydrogen) atoms. The maximum Gasteiger partial charge on any atom is 0.150 e. The monoisotopic (exact) mass is 1080 g/mol. The second-order valence-corrected chi connectivity index (χ2v) is 32.1. The fourth-order valence-electron chi connectivity index (χ4n) is 32.7. The molecule has 0 amide bonds. The van der Waals surface area contributed by atoms with Gasteiger partial charge in [0.1, 0.15) is 11.4 Å². The first-order valence-corrected chi connectivity index (χ1v) is 32.7. The van der Waals surface area contributed by atoms with Crippen LogP contribution in [0.4, 0.5) is 0 Å². The lowest BCUT2D eigenvalue weighted by molar-refractivity contribution is -0.118. The zero-order chi connectivity index (χ0) is 52.4. The minimum absolute atomic E-state index is 0.316. The van der Waals surface area contributed by atoms with E-state index in [0.29, 0.717) is 0 Å². The Bertz CT molecular complexity index is 8630. The minimum atomic E-state index is -1.08. The van der Waals surface area contributed by atoms with Crippen LogP contribution in [0.2, 0.25) is 0 Å². The fraction of sp³-hybridized carbons (Fsp3) is 0.0952. The van der Waals surface area contributed by atoms with Crippen molar-refractivity contribution in [2.45, 2.75) is 45.1 Å². The highest BCUT2D eigenvalue weighted by atomic mass is 16.5. The first kappa shape index (κ1) is 33.5. The van der Waals surface area contributed by atoms with E-state index in [4.69, 9.17) is 9.97 Å². The van der Waals surface area contributed by atoms with E-state index in [0.717, 1.165) is 22.4 Å². The summed E-state index contributed by atoms with van der Waals surface area (Å²) in [4.78, 5) is 12.8. The molecule has 0 N–H and O–H groups in total. The van der Waals surface area contributed by atoms with Gasteiger partial charge in [0.2, 0.25) is 0 Å². The molecule has 29 aromatic carbocycles. The highest BCUT2D eigenvalue weighted by molar-refractivity contribution is 6.81. The highest BCUT2D eigenvalue weighted by Gasteiger charge is 3.04. The summed E-state index contributed by atoms with van der Waals surface area (Å²) in [5.41, 5.74) is 14.0. The first-order valence-electron chi connectivity index (χ1n) is 32.7. The smallest absolute Gasteiger partial charge is 0.150 e. The molecule has 6 spiro atoms. The van der Waals surface area contributed by atoms with Crippen molar-refractivity contribution in [1.82, 2.24) is 9.97 Å². The van der Waals surface area contributed by atoms with E-state index in [2.05, 4.69) is 72.8 Å². The Hall–Kier alpha value is -10.4. The maximum atomic E-state index is 9.29. The van der Waals surface area contributed by atoms with Crippen molar-refractivity contribution < 1.29 is 9.47 Å². The third-order valence-electron chi connectivity index (χ3n) is 32.2. The fourth-order valence-corrected chi connectivity index (χ4v) is 32.7. The summed E-state index contributed by atoms with van der Waals surface area (Å²) < 4.78 is 18.6. The molecule has 5 heterocycles. The van der Waals surface area contributed by atoms with Crippen molar-refractivity contribution >= 4 is 280 Å². The van der Waals surface area contributed by atoms with E-state index < -0.39 is 32.9 Å². The lowest BCUT2D eigenvalue weighted by atomic mass is 9.23. The molecule has 30 aromatic rings. The van der Waals surface area contributed by atoms with E-state index in [1.165, 1.54) is 22.3 Å². The molecule has 2 fully saturated rings. The normalized spacial score (nSPS) is 30.5. The summed E-state index contributed by atoms with van der Waals surface area (Å²) in [5.74, 6) is 0. The zero-order valence-corrected chi connectivity index (χ0v) is 44.8. The number of hydrogen-bond acceptors (Lipinski definition) is 4. The minimum Gasteiger partial charge on any atom is -0.354 e. The van der Waals surface area contributed by atoms with Crippen molar-refractivity contribution in [3.63, 3.8) is 0 Å². The van der Waals surface area contributed by atoms with Crippen LogP contribution in [0.3, 0.4) is 0 Å². The van der Waals surface area contributed by atoms with Gasteiger partial charge in [-0.2, -0.15) is 0 Å². The van der Waals surface area contributed by atoms with Crippen LogP contribution in [0.1, 0.15) is 79.2 Å². The molecular formula is C84H14N2O2. The molecule has 8 atom stereocenters. The summed E-state index contributed by atoms with van der Waals surface area (Å²) in [5, 5.41) is 80.6. The molecule has 43 rings (SSSR count). The lowest BCUT2D eigenvalue weighted by Gasteiger charge is -2.74. The van der Waals surface area contributed by atoms with Crippen LogP contribution < -0.4 is 0 Å². The standard InChI is InChI=1S/C84H14N2O2/c1-3-9-15-13(7-1)77-79-69-60-53-45-36-28-21-19-20-22-24-23(21)30-34(28)47(53)55-49-38(30)39-31(24)35-29(22)37-33-26(20)27-25(19)32(36)41-43-40(27)44-42(33)52-46(37)54-48(35)56-50(39)59(49)68-71(64(55)60)83(79)81(15,87-77)75-76(86-18-12-6-5-11-17(18)85-75)82-16-10-4-2-8-14(16)78(88-82)80-70(61(54)65(56)72(68)84(80,82)83)63(52)67-58(44)57(43)66(62(69)51(41)45)73(79)74(67)80/h1-12,77-78H/t77-,78+,79?,80?,81-,82+,83?,84?. The maximum absolute atomic E-state index is 9.29. The summed E-state index contributed by atoms with van der Waals surface area (Å²) in [7, 11) is 0. The number of benzene rings is 20. The van der Waals surface area contributed by atoms with Crippen LogP contribution in [0.15, 0.2) is 72.8 Å². The summed E-state index contributed by atoms with van der Waals surface area (Å²) in [6, 6.07) is 28.5. The number of rotatable bonds is 0. The van der Waals surface area contributed by atoms with Gasteiger partial charge in [0, 0.05) is 0 Å². The van der Waals surface area contributed by atoms with Crippen LogP contribution in [0.5, 0.6) is 0 Å². The topological polar surface area (TPSA) is 44.2 Å². The van der Waals surface area contributed by atoms with Crippen LogP contribution in [0.25, 0.3) is 280 Å². The Morgan fingerprint density at radius 2 is 0.455 bits per heavy atom. The largest absolute Gasteiger partial charge is 0.354 e. The molecule has 0 saturated carbocycles. The molecule has 1 aromatic heterocycles. The van der Waals surface area contributed by atoms with Gasteiger partial charge in [-0.25, -0.2) is 9.97 Å². The average Bonchev–Trinajstić information content (AvgIpc) is 1.34. The number of ether oxygens (including phenoxy) is 2. The van der Waals surface area contributed by atoms with E-state index >= 15 is 0 Å². The number of aromatic nitrogens is 2. The first-order chi connectivity index (χ1) is 43.8. The van der Waals surface area contributed by atoms with Crippen LogP contribution in [0, 0.1) is 0 Å². The molecule has 4 aliphatic heterocycles. The molecule has 372 valence electrons. The molecule has 0 radical (unpaired) electrons. The van der Waals surface area contributed by atoms with Gasteiger partial charge >= 0.3 is 0 Å². The van der Waals surface area contributed by atoms with Gasteiger partial charge < -0.3 is 9.47 Å². The van der Waals surface area contributed by atoms with E-state index in [9.17, 15) is 9.47 Å². The molecule has 4 unspecified atom stereocenters. The van der Waals surface area contributed by atoms with Crippen LogP contribution in [-0.4, -0.2) is 9.97 Å². The molecular weight excluding hydrogens is 1070 g/mol. The van der Waals surface area contributed by atoms with Crippen molar-refractivity contribution in [2.75, 3.05) is 0 Å². The summed E-state index contributed by atoms with van der Waals surface area (Å²) >= 11 is 0. The number of fused-ring (bicyclic) bond motifs is 2. The highest BCUT2D eigenvalue weighted by Crippen LogP contribution is 3.03. The molecule has 4 heteroatoms. The Labute approximate surface area is 481 Å². The third-order valence-corrected chi connectivity index (χ3v) is 32.2. The predicted molar refractivity (Wildman–Crippen MR) is 350 cm³/mol. The lowest BCUT2D eigenvalue weighted by Crippen LogP contribution is -2.82. The molecule has 9 aliphatic carbocycles. The van der Waals surface area contributed by atoms with Crippen molar-refractivity contribution in [1.29, 1.82) is 0 Å². The molecule has 13 aliphatic rings. The Balaban J connectivity index is 1.03. The van der Waals surface area contributed by atoms with Crippen LogP contribution >= 0.6 is 0 Å². The third kappa shape index (κ3) is 1.73. The van der Waals surface area contributed by atoms with Crippen LogP contribution in [-0.2, 0) is 42.3 Å². The van der Waals surface area contributed by atoms with E-state index in [1.54, 1.807) is 303 Å². The van der Waals surface area contributed by atoms with E-state index in [-0.39, 0.29) is 12.2 Å². The zero-order valence-electron chi connectivity index (χ0n) is 44.8. The SMILES string of the molecule is c1ccc2c(c1)[C@H]1O[C@@]23c2nc4ccccc4nc2[C@@]24O[C@@H](c5ccccc52)C25c6c7c8c9c%10c%11c%12c%13c%14c(c%15c%16c2c2c6c6c8c8c%17c9c9c%11c%11c%12c%12c%14c%14c%15c%15c%16c%16c2c2c6c8c6c8c%17c9c9c%11c%11c%12c%14c%12c%15c%14c%16c2c6c2c%14c%12c%11c9c82)C54C%133C7%101. The van der Waals surface area contributed by atoms with Gasteiger partial charge in [-0.3, -0.25) is 0 Å². The molecule has 2 saturated heterocycles. The molecule has 4 bridgehead atoms. The number of nitrogens with zero attached hydrogens (tertiary/aromatic N) is 2. The Morgan fingerprint density at radius 1 is 0.227 bits per heavy atom. The van der Waals surface area contributed by atoms with Gasteiger partial charge in [0.25, 0.3) is 0 Å². The van der Waals surface area contributed by atoms with Crippen molar-refractivity contribution in [2.24, 2.45) is 0 Å². The Kier molecular flexibility index (Phi) is 2.91. The average molecular weight is 1080 g/mol. The van der Waals surface area contributed by atoms with Crippen molar-refractivity contribution in [3.05, 3.63) is 140 Å². The number of para-hydroxylation sites is 2. The van der Waals surface area contributed by atoms with Gasteiger partial charge in [0.05, 0.1) is 44.9 Å². The quantitative estimate of drug-likeness (QED) is 0.142. The van der Waals surface area contributed by atoms with Gasteiger partial charge in [-0.1, -0.05) is 60.7 Å². The predicted octanol–water partition coefficient (Wildman–Crippen LogP) is 19.5. The molecule has 4 nitrogen and oxygen atoms in total.